The average Bonchev–Trinajstić information content (AvgIpc) is 3.08. The van der Waals surface area contributed by atoms with Gasteiger partial charge in [0.2, 0.25) is 0 Å². The number of halogens is 4. The molecule has 2 N–H and O–H groups in total. The van der Waals surface area contributed by atoms with Gasteiger partial charge >= 0.3 is 12.3 Å². The van der Waals surface area contributed by atoms with Crippen LogP contribution in [0.4, 0.5) is 28.2 Å². The normalized spacial score (nSPS) is 19.3. The van der Waals surface area contributed by atoms with Gasteiger partial charge in [0.05, 0.1) is 18.2 Å². The van der Waals surface area contributed by atoms with Gasteiger partial charge in [0.1, 0.15) is 17.4 Å². The van der Waals surface area contributed by atoms with E-state index in [1.807, 2.05) is 0 Å². The van der Waals surface area contributed by atoms with Crippen LogP contribution in [0.15, 0.2) is 42.6 Å². The van der Waals surface area contributed by atoms with Gasteiger partial charge in [0, 0.05) is 23.7 Å². The number of rotatable bonds is 3. The van der Waals surface area contributed by atoms with E-state index in [0.717, 1.165) is 17.0 Å². The van der Waals surface area contributed by atoms with Gasteiger partial charge in [-0.25, -0.2) is 9.18 Å². The third-order valence-electron chi connectivity index (χ3n) is 4.86. The second kappa shape index (κ2) is 7.39. The van der Waals surface area contributed by atoms with Gasteiger partial charge in [-0.2, -0.15) is 13.2 Å². The Morgan fingerprint density at radius 1 is 1.13 bits per heavy atom. The predicted octanol–water partition coefficient (Wildman–Crippen LogP) is 3.82. The largest absolute Gasteiger partial charge is 0.465 e. The van der Waals surface area contributed by atoms with Gasteiger partial charge in [-0.1, -0.05) is 12.1 Å². The maximum absolute atomic E-state index is 14.2. The number of aromatic nitrogens is 3. The lowest BCUT2D eigenvalue weighted by molar-refractivity contribution is -0.137. The highest BCUT2D eigenvalue weighted by Crippen LogP contribution is 2.33. The molecule has 3 heterocycles. The van der Waals surface area contributed by atoms with Crippen molar-refractivity contribution in [2.24, 2.45) is 0 Å². The quantitative estimate of drug-likeness (QED) is 0.625. The van der Waals surface area contributed by atoms with Crippen molar-refractivity contribution < 1.29 is 27.5 Å². The molecule has 1 fully saturated rings. The van der Waals surface area contributed by atoms with E-state index in [-0.39, 0.29) is 24.6 Å². The highest BCUT2D eigenvalue weighted by Gasteiger charge is 2.36. The number of nitrogens with zero attached hydrogens (tertiary/aromatic N) is 4. The molecule has 0 aliphatic carbocycles. The maximum atomic E-state index is 14.2. The molecule has 156 valence electrons. The monoisotopic (exact) mass is 421 g/mol. The van der Waals surface area contributed by atoms with Crippen molar-refractivity contribution >= 4 is 22.8 Å². The Kier molecular flexibility index (Phi) is 4.88. The molecule has 2 aromatic heterocycles. The Labute approximate surface area is 167 Å². The minimum atomic E-state index is -4.45. The lowest BCUT2D eigenvalue weighted by Gasteiger charge is -2.17. The molecule has 30 heavy (non-hydrogen) atoms. The molecule has 2 atom stereocenters. The first-order valence-corrected chi connectivity index (χ1v) is 8.91. The Morgan fingerprint density at radius 2 is 1.87 bits per heavy atom. The number of carboxylic acid groups (broad SMARTS) is 1. The van der Waals surface area contributed by atoms with Gasteiger partial charge in [-0.05, 0) is 24.3 Å². The number of benzene rings is 1. The number of alkyl halides is 4. The summed E-state index contributed by atoms with van der Waals surface area (Å²) in [5.41, 5.74) is 0.263. The Bertz CT molecular complexity index is 1090. The first-order chi connectivity index (χ1) is 14.2. The highest BCUT2D eigenvalue weighted by molar-refractivity contribution is 5.97. The standard InChI is InChI=1S/C19H15F4N5O2/c20-13-8-28(18(29)30)9-14(13)25-17-12-2-1-7-24-16(12)15(26-27-17)10-3-5-11(6-4-10)19(21,22)23/h1-7,13-14H,8-9H2,(H,25,27)(H,29,30)/t13-,14-/m1/s1. The van der Waals surface area contributed by atoms with E-state index in [9.17, 15) is 22.4 Å². The molecule has 1 saturated heterocycles. The summed E-state index contributed by atoms with van der Waals surface area (Å²) < 4.78 is 52.7. The summed E-state index contributed by atoms with van der Waals surface area (Å²) in [6.07, 6.45) is -5.59. The summed E-state index contributed by atoms with van der Waals surface area (Å²) in [5.74, 6) is 0.216. The molecule has 0 bridgehead atoms. The average molecular weight is 421 g/mol. The van der Waals surface area contributed by atoms with Crippen molar-refractivity contribution in [3.63, 3.8) is 0 Å². The van der Waals surface area contributed by atoms with Crippen LogP contribution in [-0.2, 0) is 6.18 Å². The lowest BCUT2D eigenvalue weighted by atomic mass is 10.1. The molecule has 4 rings (SSSR count). The van der Waals surface area contributed by atoms with Crippen LogP contribution in [-0.4, -0.2) is 56.6 Å². The number of nitrogens with one attached hydrogen (secondary N) is 1. The third kappa shape index (κ3) is 3.70. The molecular weight excluding hydrogens is 406 g/mol. The zero-order chi connectivity index (χ0) is 21.5. The summed E-state index contributed by atoms with van der Waals surface area (Å²) in [7, 11) is 0. The number of likely N-dealkylation sites (tertiary alicyclic amines) is 1. The Balaban J connectivity index is 1.68. The number of anilines is 1. The van der Waals surface area contributed by atoms with E-state index in [0.29, 0.717) is 16.5 Å². The predicted molar refractivity (Wildman–Crippen MR) is 99.7 cm³/mol. The summed E-state index contributed by atoms with van der Waals surface area (Å²) in [6.45, 7) is -0.305. The molecule has 1 aliphatic rings. The molecule has 0 radical (unpaired) electrons. The summed E-state index contributed by atoms with van der Waals surface area (Å²) in [5, 5.41) is 20.6. The fraction of sp³-hybridized carbons (Fsp3) is 0.263. The molecule has 1 aliphatic heterocycles. The van der Waals surface area contributed by atoms with Gasteiger partial charge < -0.3 is 15.3 Å². The van der Waals surface area contributed by atoms with Gasteiger partial charge in [0.25, 0.3) is 0 Å². The van der Waals surface area contributed by atoms with Crippen LogP contribution in [0.2, 0.25) is 0 Å². The second-order valence-corrected chi connectivity index (χ2v) is 6.83. The molecule has 0 unspecified atom stereocenters. The van der Waals surface area contributed by atoms with Crippen LogP contribution in [0.5, 0.6) is 0 Å². The van der Waals surface area contributed by atoms with E-state index in [4.69, 9.17) is 5.11 Å². The Morgan fingerprint density at radius 3 is 2.50 bits per heavy atom. The lowest BCUT2D eigenvalue weighted by Crippen LogP contribution is -2.31. The first kappa shape index (κ1) is 19.8. The summed E-state index contributed by atoms with van der Waals surface area (Å²) >= 11 is 0. The molecular formula is C19H15F4N5O2. The van der Waals surface area contributed by atoms with E-state index in [1.165, 1.54) is 18.3 Å². The molecule has 0 spiro atoms. The van der Waals surface area contributed by atoms with Crippen LogP contribution in [0.1, 0.15) is 5.56 Å². The zero-order valence-corrected chi connectivity index (χ0v) is 15.3. The van der Waals surface area contributed by atoms with E-state index in [1.54, 1.807) is 12.1 Å². The van der Waals surface area contributed by atoms with Crippen molar-refractivity contribution in [2.45, 2.75) is 18.4 Å². The fourth-order valence-electron chi connectivity index (χ4n) is 3.34. The van der Waals surface area contributed by atoms with Crippen LogP contribution < -0.4 is 5.32 Å². The number of pyridine rings is 1. The van der Waals surface area contributed by atoms with E-state index in [2.05, 4.69) is 20.5 Å². The number of amides is 1. The van der Waals surface area contributed by atoms with Crippen LogP contribution in [0.25, 0.3) is 22.2 Å². The first-order valence-electron chi connectivity index (χ1n) is 8.91. The minimum absolute atomic E-state index is 0.0550. The maximum Gasteiger partial charge on any atom is 0.416 e. The molecule has 1 aromatic carbocycles. The number of fused-ring (bicyclic) bond motifs is 1. The van der Waals surface area contributed by atoms with Crippen molar-refractivity contribution in [1.82, 2.24) is 20.1 Å². The van der Waals surface area contributed by atoms with E-state index >= 15 is 0 Å². The van der Waals surface area contributed by atoms with Crippen molar-refractivity contribution in [2.75, 3.05) is 18.4 Å². The Hall–Kier alpha value is -3.50. The van der Waals surface area contributed by atoms with Crippen LogP contribution in [0.3, 0.4) is 0 Å². The summed E-state index contributed by atoms with van der Waals surface area (Å²) in [6, 6.07) is 6.97. The van der Waals surface area contributed by atoms with Crippen molar-refractivity contribution in [3.8, 4) is 11.3 Å². The third-order valence-corrected chi connectivity index (χ3v) is 4.86. The van der Waals surface area contributed by atoms with Crippen LogP contribution >= 0.6 is 0 Å². The number of hydrogen-bond acceptors (Lipinski definition) is 5. The zero-order valence-electron chi connectivity index (χ0n) is 15.3. The van der Waals surface area contributed by atoms with Gasteiger partial charge in [-0.15, -0.1) is 10.2 Å². The SMILES string of the molecule is O=C(O)N1C[C@@H](F)[C@H](Nc2nnc(-c3ccc(C(F)(F)F)cc3)c3ncccc23)C1. The molecule has 0 saturated carbocycles. The second-order valence-electron chi connectivity index (χ2n) is 6.83. The highest BCUT2D eigenvalue weighted by atomic mass is 19.4. The molecule has 1 amide bonds. The van der Waals surface area contributed by atoms with Crippen molar-refractivity contribution in [3.05, 3.63) is 48.2 Å². The minimum Gasteiger partial charge on any atom is -0.465 e. The van der Waals surface area contributed by atoms with Gasteiger partial charge in [0.15, 0.2) is 5.82 Å². The molecule has 7 nitrogen and oxygen atoms in total. The molecule has 11 heteroatoms. The fourth-order valence-corrected chi connectivity index (χ4v) is 3.34. The number of carbonyl (C=O) groups is 1. The number of hydrogen-bond donors (Lipinski definition) is 2. The smallest absolute Gasteiger partial charge is 0.416 e. The van der Waals surface area contributed by atoms with Crippen molar-refractivity contribution in [1.29, 1.82) is 0 Å². The summed E-state index contributed by atoms with van der Waals surface area (Å²) in [4.78, 5) is 16.3. The molecule has 3 aromatic rings. The van der Waals surface area contributed by atoms with Gasteiger partial charge in [-0.3, -0.25) is 4.98 Å². The topological polar surface area (TPSA) is 91.2 Å². The van der Waals surface area contributed by atoms with E-state index < -0.39 is 30.0 Å². The van der Waals surface area contributed by atoms with Crippen LogP contribution in [0, 0.1) is 0 Å².